The van der Waals surface area contributed by atoms with Gasteiger partial charge in [0.25, 0.3) is 0 Å². The Hall–Kier alpha value is -2.11. The number of allylic oxidation sites excluding steroid dienone is 1. The van der Waals surface area contributed by atoms with Crippen LogP contribution in [0.3, 0.4) is 0 Å². The quantitative estimate of drug-likeness (QED) is 0.601. The van der Waals surface area contributed by atoms with Crippen LogP contribution in [-0.2, 0) is 16.0 Å². The zero-order valence-electron chi connectivity index (χ0n) is 15.8. The summed E-state index contributed by atoms with van der Waals surface area (Å²) in [5, 5.41) is 1.07. The van der Waals surface area contributed by atoms with Crippen molar-refractivity contribution in [3.8, 4) is 0 Å². The Labute approximate surface area is 165 Å². The number of ether oxygens (including phenoxy) is 1. The Morgan fingerprint density at radius 2 is 2.04 bits per heavy atom. The normalized spacial score (nSPS) is 26.9. The Bertz CT molecular complexity index is 917. The average Bonchev–Trinajstić information content (AvgIpc) is 3.01. The van der Waals surface area contributed by atoms with Gasteiger partial charge in [-0.3, -0.25) is 14.5 Å². The van der Waals surface area contributed by atoms with E-state index in [0.717, 1.165) is 28.6 Å². The molecule has 1 aromatic carbocycles. The Balaban J connectivity index is 0.00000210. The first-order chi connectivity index (χ1) is 12.5. The summed E-state index contributed by atoms with van der Waals surface area (Å²) in [6, 6.07) is 8.02. The van der Waals surface area contributed by atoms with Crippen LogP contribution >= 0.6 is 12.4 Å². The van der Waals surface area contributed by atoms with Crippen molar-refractivity contribution in [1.82, 2.24) is 9.88 Å². The average molecular weight is 389 g/mol. The smallest absolute Gasteiger partial charge is 0.310 e. The number of rotatable bonds is 1. The first-order valence-electron chi connectivity index (χ1n) is 9.11. The highest BCUT2D eigenvalue weighted by Gasteiger charge is 2.46. The lowest BCUT2D eigenvalue weighted by molar-refractivity contribution is -0.150. The van der Waals surface area contributed by atoms with Crippen molar-refractivity contribution >= 4 is 35.1 Å². The van der Waals surface area contributed by atoms with Crippen molar-refractivity contribution in [2.24, 2.45) is 11.8 Å². The number of esters is 1. The van der Waals surface area contributed by atoms with Crippen molar-refractivity contribution in [3.63, 3.8) is 0 Å². The second-order valence-electron chi connectivity index (χ2n) is 7.36. The van der Waals surface area contributed by atoms with E-state index >= 15 is 0 Å². The van der Waals surface area contributed by atoms with Crippen LogP contribution in [0.5, 0.6) is 0 Å². The molecule has 1 fully saturated rings. The monoisotopic (exact) mass is 388 g/mol. The van der Waals surface area contributed by atoms with E-state index in [1.807, 2.05) is 37.3 Å². The van der Waals surface area contributed by atoms with Gasteiger partial charge < -0.3 is 9.72 Å². The predicted molar refractivity (Wildman–Crippen MR) is 107 cm³/mol. The first kappa shape index (κ1) is 19.6. The van der Waals surface area contributed by atoms with Crippen LogP contribution in [0.4, 0.5) is 0 Å². The van der Waals surface area contributed by atoms with Gasteiger partial charge in [-0.1, -0.05) is 29.8 Å². The fourth-order valence-corrected chi connectivity index (χ4v) is 4.76. The van der Waals surface area contributed by atoms with Crippen molar-refractivity contribution in [2.75, 3.05) is 20.7 Å². The fraction of sp³-hybridized carbons (Fsp3) is 0.429. The molecule has 1 N–H and O–H groups in total. The zero-order valence-corrected chi connectivity index (χ0v) is 16.6. The molecule has 2 aliphatic rings. The highest BCUT2D eigenvalue weighted by Crippen LogP contribution is 2.41. The highest BCUT2D eigenvalue weighted by atomic mass is 35.5. The molecule has 0 amide bonds. The van der Waals surface area contributed by atoms with Gasteiger partial charge in [0.2, 0.25) is 0 Å². The highest BCUT2D eigenvalue weighted by molar-refractivity contribution is 6.03. The molecule has 0 radical (unpaired) electrons. The number of carbonyl (C=O) groups is 2. The molecule has 1 saturated heterocycles. The number of Topliss-reactive ketones (excluding diaryl/α,β-unsaturated/α-hetero) is 1. The largest absolute Gasteiger partial charge is 0.469 e. The lowest BCUT2D eigenvalue weighted by Crippen LogP contribution is -2.54. The van der Waals surface area contributed by atoms with Crippen LogP contribution < -0.4 is 0 Å². The summed E-state index contributed by atoms with van der Waals surface area (Å²) < 4.78 is 5.14. The molecule has 2 bridgehead atoms. The Morgan fingerprint density at radius 1 is 1.30 bits per heavy atom. The summed E-state index contributed by atoms with van der Waals surface area (Å²) in [4.78, 5) is 31.3. The minimum absolute atomic E-state index is 0. The summed E-state index contributed by atoms with van der Waals surface area (Å²) in [6.45, 7) is 2.76. The maximum Gasteiger partial charge on any atom is 0.310 e. The summed E-state index contributed by atoms with van der Waals surface area (Å²) in [7, 11) is 3.49. The van der Waals surface area contributed by atoms with Crippen molar-refractivity contribution < 1.29 is 14.3 Å². The second kappa shape index (κ2) is 7.49. The number of hydrogen-bond acceptors (Lipinski definition) is 4. The summed E-state index contributed by atoms with van der Waals surface area (Å²) >= 11 is 0. The van der Waals surface area contributed by atoms with Gasteiger partial charge in [-0.15, -0.1) is 12.4 Å². The molecule has 3 atom stereocenters. The molecular formula is C21H25ClN2O3. The number of nitrogens with one attached hydrogen (secondary N) is 1. The van der Waals surface area contributed by atoms with Crippen LogP contribution in [-0.4, -0.2) is 48.4 Å². The summed E-state index contributed by atoms with van der Waals surface area (Å²) in [6.07, 6.45) is 3.05. The van der Waals surface area contributed by atoms with Gasteiger partial charge >= 0.3 is 5.97 Å². The van der Waals surface area contributed by atoms with Crippen LogP contribution in [0.2, 0.25) is 0 Å². The number of likely N-dealkylation sites (N-methyl/N-ethyl adjacent to an activating group) is 1. The second-order valence-corrected chi connectivity index (χ2v) is 7.36. The molecule has 5 nitrogen and oxygen atoms in total. The zero-order chi connectivity index (χ0) is 18.4. The number of halogens is 1. The molecule has 3 unspecified atom stereocenters. The van der Waals surface area contributed by atoms with Gasteiger partial charge in [0.1, 0.15) is 0 Å². The van der Waals surface area contributed by atoms with Crippen molar-refractivity contribution in [3.05, 3.63) is 47.2 Å². The van der Waals surface area contributed by atoms with E-state index in [2.05, 4.69) is 16.9 Å². The number of carbonyl (C=O) groups excluding carboxylic acids is 2. The molecule has 144 valence electrons. The van der Waals surface area contributed by atoms with Crippen LogP contribution in [0.1, 0.15) is 29.4 Å². The minimum atomic E-state index is -0.323. The van der Waals surface area contributed by atoms with E-state index in [9.17, 15) is 9.59 Å². The third-order valence-corrected chi connectivity index (χ3v) is 6.08. The standard InChI is InChI=1S/C21H24N2O3.ClH/c1-4-12-11-23(2)17-9-15-13-7-5-6-8-16(13)22-20(15)18(24)10-14(12)19(17)21(25)26-3;/h4-8,14,17,19,22H,9-11H2,1-3H3;1H/b12-4-;. The molecule has 4 rings (SSSR count). The van der Waals surface area contributed by atoms with E-state index in [0.29, 0.717) is 18.5 Å². The molecular weight excluding hydrogens is 364 g/mol. The lowest BCUT2D eigenvalue weighted by Gasteiger charge is -2.45. The van der Waals surface area contributed by atoms with Gasteiger partial charge in [-0.05, 0) is 32.0 Å². The maximum absolute atomic E-state index is 13.1. The number of aromatic amines is 1. The molecule has 0 spiro atoms. The Morgan fingerprint density at radius 3 is 2.74 bits per heavy atom. The van der Waals surface area contributed by atoms with Crippen LogP contribution in [0.25, 0.3) is 10.9 Å². The number of para-hydroxylation sites is 1. The summed E-state index contributed by atoms with van der Waals surface area (Å²) in [5.74, 6) is -0.559. The number of hydrogen-bond donors (Lipinski definition) is 1. The third-order valence-electron chi connectivity index (χ3n) is 6.08. The minimum Gasteiger partial charge on any atom is -0.469 e. The van der Waals surface area contributed by atoms with Crippen molar-refractivity contribution in [1.29, 1.82) is 0 Å². The predicted octanol–water partition coefficient (Wildman–Crippen LogP) is 3.38. The molecule has 1 aliphatic heterocycles. The van der Waals surface area contributed by atoms with E-state index in [1.165, 1.54) is 7.11 Å². The number of nitrogens with zero attached hydrogens (tertiary/aromatic N) is 1. The van der Waals surface area contributed by atoms with E-state index in [4.69, 9.17) is 4.74 Å². The van der Waals surface area contributed by atoms with Gasteiger partial charge in [0, 0.05) is 35.8 Å². The fourth-order valence-electron chi connectivity index (χ4n) is 4.76. The van der Waals surface area contributed by atoms with Gasteiger partial charge in [-0.25, -0.2) is 0 Å². The molecule has 2 heterocycles. The molecule has 1 aliphatic carbocycles. The first-order valence-corrected chi connectivity index (χ1v) is 9.11. The Kier molecular flexibility index (Phi) is 5.45. The number of methoxy groups -OCH3 is 1. The number of benzene rings is 1. The van der Waals surface area contributed by atoms with Crippen molar-refractivity contribution in [2.45, 2.75) is 25.8 Å². The SMILES string of the molecule is C/C=C1/CN(C)C2Cc3c([nH]c4ccccc34)C(=O)CC1C2C(=O)OC.Cl. The number of H-pyrrole nitrogens is 1. The molecule has 27 heavy (non-hydrogen) atoms. The number of piperidine rings is 1. The number of ketones is 1. The van der Waals surface area contributed by atoms with Crippen LogP contribution in [0, 0.1) is 11.8 Å². The number of aromatic nitrogens is 1. The number of fused-ring (bicyclic) bond motifs is 5. The van der Waals surface area contributed by atoms with Crippen LogP contribution in [0.15, 0.2) is 35.9 Å². The third kappa shape index (κ3) is 3.09. The van der Waals surface area contributed by atoms with Gasteiger partial charge in [-0.2, -0.15) is 0 Å². The molecule has 2 aromatic rings. The van der Waals surface area contributed by atoms with E-state index < -0.39 is 0 Å². The molecule has 6 heteroatoms. The summed E-state index contributed by atoms with van der Waals surface area (Å²) in [5.41, 5.74) is 3.85. The van der Waals surface area contributed by atoms with Gasteiger partial charge in [0.15, 0.2) is 5.78 Å². The van der Waals surface area contributed by atoms with E-state index in [-0.39, 0.29) is 42.0 Å². The van der Waals surface area contributed by atoms with E-state index in [1.54, 1.807) is 0 Å². The molecule has 1 aromatic heterocycles. The number of likely N-dealkylation sites (tertiary alicyclic amines) is 1. The molecule has 0 saturated carbocycles. The lowest BCUT2D eigenvalue weighted by atomic mass is 9.70. The van der Waals surface area contributed by atoms with Gasteiger partial charge in [0.05, 0.1) is 18.7 Å². The maximum atomic E-state index is 13.1. The topological polar surface area (TPSA) is 62.4 Å².